The summed E-state index contributed by atoms with van der Waals surface area (Å²) in [5.74, 6) is -0.505. The molecule has 0 radical (unpaired) electrons. The molecule has 0 aliphatic carbocycles. The van der Waals surface area contributed by atoms with Gasteiger partial charge in [-0.1, -0.05) is 19.1 Å². The van der Waals surface area contributed by atoms with E-state index < -0.39 is 10.0 Å². The van der Waals surface area contributed by atoms with Crippen LogP contribution in [0.1, 0.15) is 25.3 Å². The summed E-state index contributed by atoms with van der Waals surface area (Å²) in [6.07, 6.45) is 4.84. The minimum atomic E-state index is -3.63. The first-order valence-corrected chi connectivity index (χ1v) is 9.83. The summed E-state index contributed by atoms with van der Waals surface area (Å²) < 4.78 is 26.5. The summed E-state index contributed by atoms with van der Waals surface area (Å²) in [6.45, 7) is 2.65. The third-order valence-electron chi connectivity index (χ3n) is 4.45. The Hall–Kier alpha value is -2.19. The average molecular weight is 362 g/mol. The molecule has 25 heavy (non-hydrogen) atoms. The molecule has 1 aromatic carbocycles. The number of imidazole rings is 1. The van der Waals surface area contributed by atoms with E-state index in [-0.39, 0.29) is 23.4 Å². The molecular weight excluding hydrogens is 340 g/mol. The molecule has 0 unspecified atom stereocenters. The number of hydrogen-bond donors (Lipinski definition) is 2. The first-order valence-electron chi connectivity index (χ1n) is 8.39. The lowest BCUT2D eigenvalue weighted by Crippen LogP contribution is -2.43. The van der Waals surface area contributed by atoms with Crippen LogP contribution in [0.5, 0.6) is 0 Å². The third kappa shape index (κ3) is 3.91. The van der Waals surface area contributed by atoms with E-state index in [1.807, 2.05) is 24.3 Å². The SMILES string of the molecule is CCc1cccc(NC(=O)[C@H]2CCCN(S(=O)(=O)c3cnc[nH]3)C2)c1. The second-order valence-electron chi connectivity index (χ2n) is 6.16. The van der Waals surface area contributed by atoms with Crippen molar-refractivity contribution < 1.29 is 13.2 Å². The van der Waals surface area contributed by atoms with Crippen LogP contribution in [0.15, 0.2) is 41.8 Å². The number of carbonyl (C=O) groups is 1. The molecule has 0 bridgehead atoms. The lowest BCUT2D eigenvalue weighted by molar-refractivity contribution is -0.120. The number of nitrogens with one attached hydrogen (secondary N) is 2. The molecule has 2 aromatic rings. The molecule has 0 saturated carbocycles. The number of benzene rings is 1. The van der Waals surface area contributed by atoms with Gasteiger partial charge >= 0.3 is 0 Å². The fourth-order valence-electron chi connectivity index (χ4n) is 3.01. The van der Waals surface area contributed by atoms with Gasteiger partial charge in [0.2, 0.25) is 5.91 Å². The van der Waals surface area contributed by atoms with Crippen molar-refractivity contribution in [1.82, 2.24) is 14.3 Å². The lowest BCUT2D eigenvalue weighted by Gasteiger charge is -2.30. The van der Waals surface area contributed by atoms with E-state index in [0.29, 0.717) is 19.4 Å². The van der Waals surface area contributed by atoms with Gasteiger partial charge in [-0.2, -0.15) is 4.31 Å². The number of aromatic nitrogens is 2. The third-order valence-corrected chi connectivity index (χ3v) is 6.24. The molecule has 1 aliphatic rings. The smallest absolute Gasteiger partial charge is 0.260 e. The van der Waals surface area contributed by atoms with Gasteiger partial charge in [0, 0.05) is 18.8 Å². The predicted molar refractivity (Wildman–Crippen MR) is 94.5 cm³/mol. The Morgan fingerprint density at radius 3 is 3.00 bits per heavy atom. The van der Waals surface area contributed by atoms with Crippen molar-refractivity contribution in [2.24, 2.45) is 5.92 Å². The van der Waals surface area contributed by atoms with Crippen LogP contribution in [-0.2, 0) is 21.2 Å². The fourth-order valence-corrected chi connectivity index (χ4v) is 4.43. The molecule has 2 heterocycles. The number of rotatable bonds is 5. The molecule has 1 fully saturated rings. The van der Waals surface area contributed by atoms with Gasteiger partial charge in [0.1, 0.15) is 0 Å². The number of carbonyl (C=O) groups excluding carboxylic acids is 1. The van der Waals surface area contributed by atoms with Gasteiger partial charge in [0.15, 0.2) is 5.03 Å². The second kappa shape index (κ2) is 7.37. The first kappa shape index (κ1) is 17.6. The highest BCUT2D eigenvalue weighted by atomic mass is 32.2. The zero-order chi connectivity index (χ0) is 17.9. The lowest BCUT2D eigenvalue weighted by atomic mass is 9.98. The van der Waals surface area contributed by atoms with Crippen LogP contribution in [-0.4, -0.2) is 41.7 Å². The van der Waals surface area contributed by atoms with E-state index in [2.05, 4.69) is 22.2 Å². The fraction of sp³-hybridized carbons (Fsp3) is 0.412. The quantitative estimate of drug-likeness (QED) is 0.850. The van der Waals surface area contributed by atoms with E-state index in [0.717, 1.165) is 17.7 Å². The van der Waals surface area contributed by atoms with Gasteiger partial charge < -0.3 is 10.3 Å². The van der Waals surface area contributed by atoms with Gasteiger partial charge in [-0.25, -0.2) is 13.4 Å². The Kier molecular flexibility index (Phi) is 5.19. The summed E-state index contributed by atoms with van der Waals surface area (Å²) in [5.41, 5.74) is 1.89. The molecule has 1 saturated heterocycles. The van der Waals surface area contributed by atoms with Crippen molar-refractivity contribution in [2.45, 2.75) is 31.2 Å². The highest BCUT2D eigenvalue weighted by Crippen LogP contribution is 2.24. The predicted octanol–water partition coefficient (Wildman–Crippen LogP) is 2.01. The number of aromatic amines is 1. The summed E-state index contributed by atoms with van der Waals surface area (Å²) in [6, 6.07) is 7.71. The molecule has 7 nitrogen and oxygen atoms in total. The molecular formula is C17H22N4O3S. The Balaban J connectivity index is 1.69. The van der Waals surface area contributed by atoms with Crippen molar-refractivity contribution in [2.75, 3.05) is 18.4 Å². The van der Waals surface area contributed by atoms with Gasteiger partial charge in [-0.15, -0.1) is 0 Å². The standard InChI is InChI=1S/C17H22N4O3S/c1-2-13-5-3-7-15(9-13)20-17(22)14-6-4-8-21(11-14)25(23,24)16-10-18-12-19-16/h3,5,7,9-10,12,14H,2,4,6,8,11H2,1H3,(H,18,19)(H,20,22)/t14-/m0/s1. The number of H-pyrrole nitrogens is 1. The van der Waals surface area contributed by atoms with E-state index >= 15 is 0 Å². The number of anilines is 1. The molecule has 1 aliphatic heterocycles. The molecule has 0 spiro atoms. The van der Waals surface area contributed by atoms with Crippen LogP contribution >= 0.6 is 0 Å². The maximum absolute atomic E-state index is 12.6. The molecule has 1 aromatic heterocycles. The first-order chi connectivity index (χ1) is 12.0. The topological polar surface area (TPSA) is 95.2 Å². The Morgan fingerprint density at radius 1 is 1.44 bits per heavy atom. The van der Waals surface area contributed by atoms with Crippen LogP contribution in [0.2, 0.25) is 0 Å². The van der Waals surface area contributed by atoms with Crippen molar-refractivity contribution in [3.05, 3.63) is 42.4 Å². The Morgan fingerprint density at radius 2 is 2.28 bits per heavy atom. The van der Waals surface area contributed by atoms with E-state index in [1.165, 1.54) is 16.8 Å². The molecule has 1 amide bonds. The second-order valence-corrected chi connectivity index (χ2v) is 8.07. The molecule has 134 valence electrons. The average Bonchev–Trinajstić information content (AvgIpc) is 3.17. The molecule has 3 rings (SSSR count). The number of nitrogens with zero attached hydrogens (tertiary/aromatic N) is 2. The van der Waals surface area contributed by atoms with E-state index in [1.54, 1.807) is 0 Å². The number of piperidine rings is 1. The zero-order valence-electron chi connectivity index (χ0n) is 14.1. The number of aryl methyl sites for hydroxylation is 1. The number of amides is 1. The van der Waals surface area contributed by atoms with E-state index in [4.69, 9.17) is 0 Å². The van der Waals surface area contributed by atoms with Crippen LogP contribution < -0.4 is 5.32 Å². The van der Waals surface area contributed by atoms with Gasteiger partial charge in [0.25, 0.3) is 10.0 Å². The largest absolute Gasteiger partial charge is 0.335 e. The van der Waals surface area contributed by atoms with Crippen molar-refractivity contribution in [3.63, 3.8) is 0 Å². The maximum Gasteiger partial charge on any atom is 0.260 e. The maximum atomic E-state index is 12.6. The van der Waals surface area contributed by atoms with E-state index in [9.17, 15) is 13.2 Å². The summed E-state index contributed by atoms with van der Waals surface area (Å²) in [5, 5.41) is 2.97. The monoisotopic (exact) mass is 362 g/mol. The molecule has 8 heteroatoms. The molecule has 2 N–H and O–H groups in total. The molecule has 1 atom stereocenters. The Labute approximate surface area is 147 Å². The van der Waals surface area contributed by atoms with Crippen LogP contribution in [0, 0.1) is 5.92 Å². The minimum Gasteiger partial charge on any atom is -0.335 e. The highest BCUT2D eigenvalue weighted by molar-refractivity contribution is 7.89. The normalized spacial score (nSPS) is 18.8. The van der Waals surface area contributed by atoms with Crippen molar-refractivity contribution in [1.29, 1.82) is 0 Å². The van der Waals surface area contributed by atoms with Gasteiger partial charge in [-0.05, 0) is 37.0 Å². The summed E-state index contributed by atoms with van der Waals surface area (Å²) in [7, 11) is -3.63. The van der Waals surface area contributed by atoms with Gasteiger partial charge in [-0.3, -0.25) is 4.79 Å². The number of hydrogen-bond acceptors (Lipinski definition) is 4. The highest BCUT2D eigenvalue weighted by Gasteiger charge is 2.34. The van der Waals surface area contributed by atoms with Crippen LogP contribution in [0.25, 0.3) is 0 Å². The van der Waals surface area contributed by atoms with Crippen molar-refractivity contribution >= 4 is 21.6 Å². The summed E-state index contributed by atoms with van der Waals surface area (Å²) >= 11 is 0. The Bertz CT molecular complexity index is 833. The van der Waals surface area contributed by atoms with Crippen LogP contribution in [0.3, 0.4) is 0 Å². The summed E-state index contributed by atoms with van der Waals surface area (Å²) in [4.78, 5) is 19.0. The minimum absolute atomic E-state index is 0.0594. The van der Waals surface area contributed by atoms with Gasteiger partial charge in [0.05, 0.1) is 18.4 Å². The van der Waals surface area contributed by atoms with Crippen LogP contribution in [0.4, 0.5) is 5.69 Å². The zero-order valence-corrected chi connectivity index (χ0v) is 14.9. The van der Waals surface area contributed by atoms with Crippen molar-refractivity contribution in [3.8, 4) is 0 Å². The number of sulfonamides is 1.